The maximum Gasteiger partial charge on any atom is 0.243 e. The number of primary amides is 1. The standard InChI is InChI=1S/C12H23N3O2.ClH/c1-8(9(2)13)10(16)15-12(11(14)17)6-4-3-5-7-12;/h8-9H,3-7,13H2,1-2H3,(H2,14,17)(H,15,16);1H. The first-order chi connectivity index (χ1) is 7.89. The molecule has 1 fully saturated rings. The van der Waals surface area contributed by atoms with Crippen LogP contribution in [0.5, 0.6) is 0 Å². The summed E-state index contributed by atoms with van der Waals surface area (Å²) in [4.78, 5) is 23.5. The molecule has 1 saturated carbocycles. The number of hydrogen-bond donors (Lipinski definition) is 3. The Morgan fingerprint density at radius 1 is 1.17 bits per heavy atom. The quantitative estimate of drug-likeness (QED) is 0.705. The lowest BCUT2D eigenvalue weighted by Crippen LogP contribution is -2.60. The SMILES string of the molecule is CC(N)C(C)C(=O)NC1(C(N)=O)CCCCC1.Cl. The predicted octanol–water partition coefficient (Wildman–Crippen LogP) is 0.696. The van der Waals surface area contributed by atoms with Gasteiger partial charge < -0.3 is 16.8 Å². The molecule has 1 aliphatic rings. The van der Waals surface area contributed by atoms with E-state index in [1.807, 2.05) is 0 Å². The van der Waals surface area contributed by atoms with Crippen molar-refractivity contribution in [2.75, 3.05) is 0 Å². The van der Waals surface area contributed by atoms with E-state index in [9.17, 15) is 9.59 Å². The molecular weight excluding hydrogens is 254 g/mol. The highest BCUT2D eigenvalue weighted by atomic mass is 35.5. The fraction of sp³-hybridized carbons (Fsp3) is 0.833. The summed E-state index contributed by atoms with van der Waals surface area (Å²) >= 11 is 0. The third kappa shape index (κ3) is 3.85. The van der Waals surface area contributed by atoms with Crippen LogP contribution in [0.25, 0.3) is 0 Å². The Bertz CT molecular complexity index is 302. The van der Waals surface area contributed by atoms with Crippen LogP contribution >= 0.6 is 12.4 Å². The van der Waals surface area contributed by atoms with Crippen molar-refractivity contribution in [3.05, 3.63) is 0 Å². The van der Waals surface area contributed by atoms with Crippen LogP contribution in [0.15, 0.2) is 0 Å². The average Bonchev–Trinajstić information content (AvgIpc) is 2.28. The second kappa shape index (κ2) is 6.95. The number of nitrogens with one attached hydrogen (secondary N) is 1. The van der Waals surface area contributed by atoms with Crippen molar-refractivity contribution in [2.24, 2.45) is 17.4 Å². The summed E-state index contributed by atoms with van der Waals surface area (Å²) in [6.07, 6.45) is 4.22. The molecule has 5 N–H and O–H groups in total. The topological polar surface area (TPSA) is 98.2 Å². The number of carbonyl (C=O) groups excluding carboxylic acids is 2. The molecule has 0 spiro atoms. The molecule has 2 atom stereocenters. The van der Waals surface area contributed by atoms with Gasteiger partial charge in [-0.3, -0.25) is 9.59 Å². The molecule has 0 aromatic rings. The van der Waals surface area contributed by atoms with Gasteiger partial charge in [0.05, 0.1) is 0 Å². The van der Waals surface area contributed by atoms with E-state index in [-0.39, 0.29) is 30.3 Å². The molecule has 5 nitrogen and oxygen atoms in total. The first-order valence-electron chi connectivity index (χ1n) is 6.26. The lowest BCUT2D eigenvalue weighted by atomic mass is 9.80. The molecule has 0 bridgehead atoms. The Kier molecular flexibility index (Phi) is 6.63. The molecular formula is C12H24ClN3O2. The highest BCUT2D eigenvalue weighted by molar-refractivity contribution is 5.91. The zero-order valence-electron chi connectivity index (χ0n) is 11.1. The van der Waals surface area contributed by atoms with Crippen LogP contribution in [0, 0.1) is 5.92 Å². The van der Waals surface area contributed by atoms with Crippen LogP contribution in [-0.2, 0) is 9.59 Å². The van der Waals surface area contributed by atoms with Gasteiger partial charge in [0.25, 0.3) is 0 Å². The minimum Gasteiger partial charge on any atom is -0.368 e. The van der Waals surface area contributed by atoms with Crippen LogP contribution < -0.4 is 16.8 Å². The van der Waals surface area contributed by atoms with Crippen LogP contribution in [0.4, 0.5) is 0 Å². The second-order valence-electron chi connectivity index (χ2n) is 5.14. The Morgan fingerprint density at radius 2 is 1.67 bits per heavy atom. The van der Waals surface area contributed by atoms with Gasteiger partial charge in [-0.15, -0.1) is 12.4 Å². The molecule has 0 aliphatic heterocycles. The van der Waals surface area contributed by atoms with Crippen molar-refractivity contribution in [3.8, 4) is 0 Å². The van der Waals surface area contributed by atoms with E-state index in [1.165, 1.54) is 0 Å². The fourth-order valence-corrected chi connectivity index (χ4v) is 2.18. The Morgan fingerprint density at radius 3 is 2.06 bits per heavy atom. The van der Waals surface area contributed by atoms with E-state index in [2.05, 4.69) is 5.32 Å². The van der Waals surface area contributed by atoms with Gasteiger partial charge in [0.15, 0.2) is 0 Å². The highest BCUT2D eigenvalue weighted by Gasteiger charge is 2.40. The monoisotopic (exact) mass is 277 g/mol. The molecule has 106 valence electrons. The van der Waals surface area contributed by atoms with Crippen molar-refractivity contribution in [2.45, 2.75) is 57.5 Å². The summed E-state index contributed by atoms with van der Waals surface area (Å²) in [5.41, 5.74) is 10.3. The van der Waals surface area contributed by atoms with Gasteiger partial charge in [0.2, 0.25) is 11.8 Å². The lowest BCUT2D eigenvalue weighted by Gasteiger charge is -2.36. The zero-order chi connectivity index (χ0) is 13.1. The Labute approximate surface area is 114 Å². The predicted molar refractivity (Wildman–Crippen MR) is 73.2 cm³/mol. The first kappa shape index (κ1) is 17.2. The molecule has 2 amide bonds. The van der Waals surface area contributed by atoms with Gasteiger partial charge in [-0.25, -0.2) is 0 Å². The Hall–Kier alpha value is -0.810. The van der Waals surface area contributed by atoms with Crippen molar-refractivity contribution in [3.63, 3.8) is 0 Å². The first-order valence-corrected chi connectivity index (χ1v) is 6.26. The van der Waals surface area contributed by atoms with E-state index in [1.54, 1.807) is 13.8 Å². The summed E-state index contributed by atoms with van der Waals surface area (Å²) < 4.78 is 0. The van der Waals surface area contributed by atoms with Gasteiger partial charge in [-0.05, 0) is 19.8 Å². The van der Waals surface area contributed by atoms with Gasteiger partial charge in [0.1, 0.15) is 5.54 Å². The average molecular weight is 278 g/mol. The molecule has 0 heterocycles. The number of halogens is 1. The molecule has 1 rings (SSSR count). The van der Waals surface area contributed by atoms with Crippen molar-refractivity contribution < 1.29 is 9.59 Å². The lowest BCUT2D eigenvalue weighted by molar-refractivity contribution is -0.135. The highest BCUT2D eigenvalue weighted by Crippen LogP contribution is 2.28. The van der Waals surface area contributed by atoms with Crippen molar-refractivity contribution >= 4 is 24.2 Å². The van der Waals surface area contributed by atoms with E-state index in [4.69, 9.17) is 11.5 Å². The molecule has 0 radical (unpaired) electrons. The Balaban J connectivity index is 0.00000289. The minimum absolute atomic E-state index is 0. The summed E-state index contributed by atoms with van der Waals surface area (Å²) in [5, 5.41) is 2.82. The second-order valence-corrected chi connectivity index (χ2v) is 5.14. The van der Waals surface area contributed by atoms with E-state index < -0.39 is 11.4 Å². The normalized spacial score (nSPS) is 21.3. The summed E-state index contributed by atoms with van der Waals surface area (Å²) in [6, 6.07) is -0.233. The van der Waals surface area contributed by atoms with E-state index in [0.717, 1.165) is 19.3 Å². The minimum atomic E-state index is -0.849. The van der Waals surface area contributed by atoms with Crippen LogP contribution in [0.1, 0.15) is 46.0 Å². The molecule has 0 aromatic heterocycles. The molecule has 2 unspecified atom stereocenters. The van der Waals surface area contributed by atoms with Crippen molar-refractivity contribution in [1.82, 2.24) is 5.32 Å². The maximum atomic E-state index is 12.0. The van der Waals surface area contributed by atoms with Crippen LogP contribution in [0.3, 0.4) is 0 Å². The van der Waals surface area contributed by atoms with Crippen molar-refractivity contribution in [1.29, 1.82) is 0 Å². The number of nitrogens with two attached hydrogens (primary N) is 2. The van der Waals surface area contributed by atoms with Gasteiger partial charge in [0, 0.05) is 12.0 Å². The molecule has 1 aliphatic carbocycles. The third-order valence-electron chi connectivity index (χ3n) is 3.74. The van der Waals surface area contributed by atoms with E-state index >= 15 is 0 Å². The largest absolute Gasteiger partial charge is 0.368 e. The summed E-state index contributed by atoms with van der Waals surface area (Å²) in [5.74, 6) is -0.920. The number of hydrogen-bond acceptors (Lipinski definition) is 3. The molecule has 0 saturated heterocycles. The number of carbonyl (C=O) groups is 2. The zero-order valence-corrected chi connectivity index (χ0v) is 11.9. The number of rotatable bonds is 4. The van der Waals surface area contributed by atoms with Gasteiger partial charge in [-0.1, -0.05) is 26.2 Å². The van der Waals surface area contributed by atoms with Gasteiger partial charge >= 0.3 is 0 Å². The third-order valence-corrected chi connectivity index (χ3v) is 3.74. The smallest absolute Gasteiger partial charge is 0.243 e. The van der Waals surface area contributed by atoms with Crippen LogP contribution in [-0.4, -0.2) is 23.4 Å². The van der Waals surface area contributed by atoms with E-state index in [0.29, 0.717) is 12.8 Å². The molecule has 6 heteroatoms. The maximum absolute atomic E-state index is 12.0. The fourth-order valence-electron chi connectivity index (χ4n) is 2.18. The number of amides is 2. The van der Waals surface area contributed by atoms with Crippen LogP contribution in [0.2, 0.25) is 0 Å². The molecule has 18 heavy (non-hydrogen) atoms. The van der Waals surface area contributed by atoms with Gasteiger partial charge in [-0.2, -0.15) is 0 Å². The summed E-state index contributed by atoms with van der Waals surface area (Å²) in [6.45, 7) is 3.54. The summed E-state index contributed by atoms with van der Waals surface area (Å²) in [7, 11) is 0. The molecule has 0 aromatic carbocycles.